The van der Waals surface area contributed by atoms with Gasteiger partial charge in [-0.1, -0.05) is 11.6 Å². The van der Waals surface area contributed by atoms with Crippen LogP contribution >= 0.6 is 0 Å². The van der Waals surface area contributed by atoms with Crippen LogP contribution in [0.5, 0.6) is 0 Å². The number of hydrogen-bond acceptors (Lipinski definition) is 7. The van der Waals surface area contributed by atoms with Crippen molar-refractivity contribution in [2.24, 2.45) is 0 Å². The minimum absolute atomic E-state index is 0.305. The van der Waals surface area contributed by atoms with E-state index in [4.69, 9.17) is 4.74 Å². The van der Waals surface area contributed by atoms with Crippen molar-refractivity contribution in [3.63, 3.8) is 0 Å². The van der Waals surface area contributed by atoms with Gasteiger partial charge in [-0.3, -0.25) is 14.5 Å². The van der Waals surface area contributed by atoms with Crippen LogP contribution in [0.1, 0.15) is 90.0 Å². The van der Waals surface area contributed by atoms with E-state index >= 15 is 0 Å². The lowest BCUT2D eigenvalue weighted by atomic mass is 9.95. The molecule has 33 heavy (non-hydrogen) atoms. The summed E-state index contributed by atoms with van der Waals surface area (Å²) < 4.78 is 9.68. The Bertz CT molecular complexity index is 818. The number of hydrogen-bond donors (Lipinski definition) is 0. The Labute approximate surface area is 198 Å². The summed E-state index contributed by atoms with van der Waals surface area (Å²) in [6.07, 6.45) is 12.4. The third kappa shape index (κ3) is 6.00. The molecule has 2 fully saturated rings. The van der Waals surface area contributed by atoms with Gasteiger partial charge in [-0.05, 0) is 66.3 Å². The summed E-state index contributed by atoms with van der Waals surface area (Å²) in [4.78, 5) is 9.39. The topological polar surface area (TPSA) is 77.1 Å². The van der Waals surface area contributed by atoms with E-state index in [-0.39, 0.29) is 0 Å². The van der Waals surface area contributed by atoms with Gasteiger partial charge in [-0.2, -0.15) is 5.10 Å². The number of morpholine rings is 1. The molecular formula is C24H42N8O. The summed E-state index contributed by atoms with van der Waals surface area (Å²) in [5.74, 6) is 0. The van der Waals surface area contributed by atoms with Gasteiger partial charge in [0.25, 0.3) is 0 Å². The largest absolute Gasteiger partial charge is 0.379 e. The van der Waals surface area contributed by atoms with Crippen molar-refractivity contribution in [3.05, 3.63) is 24.5 Å². The predicted molar refractivity (Wildman–Crippen MR) is 128 cm³/mol. The van der Waals surface area contributed by atoms with Crippen molar-refractivity contribution in [3.8, 4) is 0 Å². The molecule has 0 aliphatic carbocycles. The minimum atomic E-state index is 0.305. The summed E-state index contributed by atoms with van der Waals surface area (Å²) in [6, 6.07) is 2.14. The van der Waals surface area contributed by atoms with E-state index in [1.54, 1.807) is 12.7 Å². The summed E-state index contributed by atoms with van der Waals surface area (Å²) in [5, 5.41) is 13.2. The van der Waals surface area contributed by atoms with Crippen molar-refractivity contribution in [2.45, 2.75) is 96.4 Å². The van der Waals surface area contributed by atoms with Gasteiger partial charge in [-0.25, -0.2) is 9.67 Å². The average Bonchev–Trinajstić information content (AvgIpc) is 3.55. The molecule has 0 radical (unpaired) electrons. The zero-order chi connectivity index (χ0) is 23.2. The third-order valence-electron chi connectivity index (χ3n) is 7.71. The summed E-state index contributed by atoms with van der Waals surface area (Å²) in [6.45, 7) is 14.2. The molecule has 4 rings (SSSR count). The molecule has 5 unspecified atom stereocenters. The summed E-state index contributed by atoms with van der Waals surface area (Å²) in [7, 11) is 0. The maximum atomic E-state index is 5.55. The maximum Gasteiger partial charge on any atom is 0.137 e. The molecule has 2 aliphatic rings. The highest BCUT2D eigenvalue weighted by molar-refractivity contribution is 5.06. The van der Waals surface area contributed by atoms with Crippen molar-refractivity contribution < 1.29 is 4.74 Å². The van der Waals surface area contributed by atoms with E-state index < -0.39 is 0 Å². The van der Waals surface area contributed by atoms with Gasteiger partial charge < -0.3 is 4.74 Å². The third-order valence-corrected chi connectivity index (χ3v) is 7.71. The molecular weight excluding hydrogens is 416 g/mol. The molecule has 184 valence electrons. The van der Waals surface area contributed by atoms with Crippen LogP contribution in [-0.4, -0.2) is 84.5 Å². The second kappa shape index (κ2) is 11.5. The second-order valence-corrected chi connectivity index (χ2v) is 10.1. The number of likely N-dealkylation sites (tertiary alicyclic amines) is 1. The summed E-state index contributed by atoms with van der Waals surface area (Å²) in [5.41, 5.74) is 1.28. The molecule has 2 aliphatic heterocycles. The fourth-order valence-electron chi connectivity index (χ4n) is 5.61. The lowest BCUT2D eigenvalue weighted by Gasteiger charge is -2.42. The summed E-state index contributed by atoms with van der Waals surface area (Å²) >= 11 is 0. The first-order chi connectivity index (χ1) is 16.0. The molecule has 2 aromatic heterocycles. The van der Waals surface area contributed by atoms with Crippen molar-refractivity contribution >= 4 is 0 Å². The molecule has 0 N–H and O–H groups in total. The Morgan fingerprint density at radius 1 is 0.970 bits per heavy atom. The van der Waals surface area contributed by atoms with E-state index in [0.29, 0.717) is 30.2 Å². The highest BCUT2D eigenvalue weighted by atomic mass is 16.5. The van der Waals surface area contributed by atoms with Crippen LogP contribution in [0, 0.1) is 0 Å². The maximum absolute atomic E-state index is 5.55. The Balaban J connectivity index is 1.39. The van der Waals surface area contributed by atoms with E-state index in [9.17, 15) is 0 Å². The Kier molecular flexibility index (Phi) is 8.49. The van der Waals surface area contributed by atoms with Gasteiger partial charge in [0, 0.05) is 25.2 Å². The fraction of sp³-hybridized carbons (Fsp3) is 0.833. The van der Waals surface area contributed by atoms with Crippen LogP contribution in [0.15, 0.2) is 18.9 Å². The molecule has 5 atom stereocenters. The molecule has 0 bridgehead atoms. The Morgan fingerprint density at radius 3 is 2.52 bits per heavy atom. The van der Waals surface area contributed by atoms with Gasteiger partial charge in [-0.15, -0.1) is 5.10 Å². The lowest BCUT2D eigenvalue weighted by Crippen LogP contribution is -2.47. The SMILES string of the molecule is CC(CC(C)N1CCCCC1c1cnnn1C(C)CCC(C)n1cncn1)N1CCOCC1. The first-order valence-corrected chi connectivity index (χ1v) is 12.9. The minimum Gasteiger partial charge on any atom is -0.379 e. The Hall–Kier alpha value is -1.84. The Morgan fingerprint density at radius 2 is 1.76 bits per heavy atom. The highest BCUT2D eigenvalue weighted by Gasteiger charge is 2.32. The van der Waals surface area contributed by atoms with Crippen LogP contribution in [0.4, 0.5) is 0 Å². The predicted octanol–water partition coefficient (Wildman–Crippen LogP) is 3.50. The van der Waals surface area contributed by atoms with E-state index in [1.165, 1.54) is 31.4 Å². The van der Waals surface area contributed by atoms with Gasteiger partial charge in [0.15, 0.2) is 0 Å². The molecule has 9 heteroatoms. The first kappa shape index (κ1) is 24.3. The number of rotatable bonds is 10. The zero-order valence-electron chi connectivity index (χ0n) is 20.9. The number of aromatic nitrogens is 6. The van der Waals surface area contributed by atoms with Crippen LogP contribution in [0.3, 0.4) is 0 Å². The molecule has 0 amide bonds. The van der Waals surface area contributed by atoms with Crippen molar-refractivity contribution in [1.82, 2.24) is 39.6 Å². The highest BCUT2D eigenvalue weighted by Crippen LogP contribution is 2.35. The fourth-order valence-corrected chi connectivity index (χ4v) is 5.61. The molecule has 0 aromatic carbocycles. The van der Waals surface area contributed by atoms with Crippen LogP contribution in [0.25, 0.3) is 0 Å². The van der Waals surface area contributed by atoms with Crippen molar-refractivity contribution in [2.75, 3.05) is 32.8 Å². The molecule has 0 spiro atoms. The lowest BCUT2D eigenvalue weighted by molar-refractivity contribution is 0.00725. The zero-order valence-corrected chi connectivity index (χ0v) is 20.9. The standard InChI is InChI=1S/C24H42N8O/c1-19(31-18-25-17-27-31)8-9-20(2)32-24(16-26-28-32)23-7-5-6-10-30(23)22(4)15-21(3)29-11-13-33-14-12-29/h16-23H,5-15H2,1-4H3. The second-order valence-electron chi connectivity index (χ2n) is 10.1. The van der Waals surface area contributed by atoms with E-state index in [1.807, 2.05) is 10.9 Å². The smallest absolute Gasteiger partial charge is 0.137 e. The van der Waals surface area contributed by atoms with Crippen molar-refractivity contribution in [1.29, 1.82) is 0 Å². The number of ether oxygens (including phenoxy) is 1. The number of piperidine rings is 1. The van der Waals surface area contributed by atoms with E-state index in [2.05, 4.69) is 62.6 Å². The van der Waals surface area contributed by atoms with E-state index in [0.717, 1.165) is 45.7 Å². The molecule has 2 saturated heterocycles. The van der Waals surface area contributed by atoms with Crippen LogP contribution in [-0.2, 0) is 4.74 Å². The van der Waals surface area contributed by atoms with Crippen LogP contribution in [0.2, 0.25) is 0 Å². The quantitative estimate of drug-likeness (QED) is 0.539. The molecule has 4 heterocycles. The normalized spacial score (nSPS) is 24.4. The van der Waals surface area contributed by atoms with Gasteiger partial charge >= 0.3 is 0 Å². The number of nitrogens with zero attached hydrogens (tertiary/aromatic N) is 8. The van der Waals surface area contributed by atoms with Gasteiger partial charge in [0.1, 0.15) is 12.7 Å². The monoisotopic (exact) mass is 458 g/mol. The average molecular weight is 459 g/mol. The first-order valence-electron chi connectivity index (χ1n) is 12.9. The molecule has 0 saturated carbocycles. The van der Waals surface area contributed by atoms with Crippen LogP contribution < -0.4 is 0 Å². The van der Waals surface area contributed by atoms with Gasteiger partial charge in [0.05, 0.1) is 43.2 Å². The molecule has 2 aromatic rings. The molecule has 9 nitrogen and oxygen atoms in total. The van der Waals surface area contributed by atoms with Gasteiger partial charge in [0.2, 0.25) is 0 Å².